The molecule has 0 aliphatic heterocycles. The second-order valence-electron chi connectivity index (χ2n) is 4.54. The van der Waals surface area contributed by atoms with Crippen LogP contribution in [0.3, 0.4) is 0 Å². The molecule has 94 valence electrons. The summed E-state index contributed by atoms with van der Waals surface area (Å²) in [6.07, 6.45) is 0.495. The molecule has 1 aromatic carbocycles. The summed E-state index contributed by atoms with van der Waals surface area (Å²) < 4.78 is 0.834. The van der Waals surface area contributed by atoms with Crippen LogP contribution in [0.25, 0.3) is 0 Å². The Morgan fingerprint density at radius 3 is 2.71 bits per heavy atom. The Morgan fingerprint density at radius 1 is 1.53 bits per heavy atom. The van der Waals surface area contributed by atoms with Crippen LogP contribution in [0, 0.1) is 0 Å². The van der Waals surface area contributed by atoms with Gasteiger partial charge in [0.05, 0.1) is 5.56 Å². The van der Waals surface area contributed by atoms with E-state index in [0.29, 0.717) is 17.7 Å². The molecular formula is C12H17BrN2O2. The first-order valence-corrected chi connectivity index (χ1v) is 6.13. The van der Waals surface area contributed by atoms with Crippen molar-refractivity contribution in [2.45, 2.75) is 25.8 Å². The molecule has 0 aromatic heterocycles. The van der Waals surface area contributed by atoms with Gasteiger partial charge in [-0.05, 0) is 38.5 Å². The van der Waals surface area contributed by atoms with Gasteiger partial charge in [-0.25, -0.2) is 0 Å². The Labute approximate surface area is 109 Å². The first kappa shape index (κ1) is 14.0. The van der Waals surface area contributed by atoms with E-state index < -0.39 is 5.54 Å². The van der Waals surface area contributed by atoms with Crippen molar-refractivity contribution in [2.75, 3.05) is 12.3 Å². The lowest BCUT2D eigenvalue weighted by Gasteiger charge is -2.25. The molecule has 1 amide bonds. The molecule has 0 spiro atoms. The van der Waals surface area contributed by atoms with Crippen molar-refractivity contribution in [3.05, 3.63) is 28.2 Å². The number of rotatable bonds is 4. The number of nitrogen functional groups attached to an aromatic ring is 1. The van der Waals surface area contributed by atoms with Crippen LogP contribution in [0.2, 0.25) is 0 Å². The van der Waals surface area contributed by atoms with Crippen LogP contribution in [-0.2, 0) is 0 Å². The number of amides is 1. The summed E-state index contributed by atoms with van der Waals surface area (Å²) in [4.78, 5) is 12.0. The zero-order valence-corrected chi connectivity index (χ0v) is 11.5. The molecule has 17 heavy (non-hydrogen) atoms. The number of anilines is 1. The van der Waals surface area contributed by atoms with Crippen molar-refractivity contribution < 1.29 is 9.90 Å². The standard InChI is InChI=1S/C12H17BrN2O2/c1-12(2,5-6-16)15-11(17)9-4-3-8(13)7-10(9)14/h3-4,7,16H,5-6,14H2,1-2H3,(H,15,17). The first-order valence-electron chi connectivity index (χ1n) is 5.34. The summed E-state index contributed by atoms with van der Waals surface area (Å²) in [7, 11) is 0. The molecule has 0 unspecified atom stereocenters. The Bertz CT molecular complexity index is 419. The van der Waals surface area contributed by atoms with Gasteiger partial charge in [0.1, 0.15) is 0 Å². The molecule has 0 heterocycles. The number of aliphatic hydroxyl groups is 1. The van der Waals surface area contributed by atoms with Gasteiger partial charge in [0.15, 0.2) is 0 Å². The lowest BCUT2D eigenvalue weighted by molar-refractivity contribution is 0.0900. The van der Waals surface area contributed by atoms with E-state index in [2.05, 4.69) is 21.2 Å². The van der Waals surface area contributed by atoms with E-state index in [-0.39, 0.29) is 12.5 Å². The summed E-state index contributed by atoms with van der Waals surface area (Å²) in [5.41, 5.74) is 6.19. The third kappa shape index (κ3) is 4.02. The van der Waals surface area contributed by atoms with Crippen LogP contribution in [0.5, 0.6) is 0 Å². The molecule has 0 saturated carbocycles. The Morgan fingerprint density at radius 2 is 2.18 bits per heavy atom. The molecule has 0 fully saturated rings. The smallest absolute Gasteiger partial charge is 0.253 e. The maximum absolute atomic E-state index is 12.0. The van der Waals surface area contributed by atoms with Crippen molar-refractivity contribution in [3.8, 4) is 0 Å². The fourth-order valence-electron chi connectivity index (χ4n) is 1.46. The first-order chi connectivity index (χ1) is 7.85. The molecular weight excluding hydrogens is 284 g/mol. The fraction of sp³-hybridized carbons (Fsp3) is 0.417. The molecule has 0 aliphatic rings. The number of carbonyl (C=O) groups is 1. The summed E-state index contributed by atoms with van der Waals surface area (Å²) in [6, 6.07) is 5.13. The Balaban J connectivity index is 2.83. The lowest BCUT2D eigenvalue weighted by atomic mass is 10.0. The van der Waals surface area contributed by atoms with Gasteiger partial charge in [0.2, 0.25) is 0 Å². The summed E-state index contributed by atoms with van der Waals surface area (Å²) in [6.45, 7) is 3.75. The van der Waals surface area contributed by atoms with Crippen LogP contribution in [0.1, 0.15) is 30.6 Å². The highest BCUT2D eigenvalue weighted by atomic mass is 79.9. The van der Waals surface area contributed by atoms with Gasteiger partial charge in [-0.15, -0.1) is 0 Å². The van der Waals surface area contributed by atoms with Gasteiger partial charge in [-0.3, -0.25) is 4.79 Å². The third-order valence-corrected chi connectivity index (χ3v) is 2.94. The Hall–Kier alpha value is -1.07. The molecule has 4 nitrogen and oxygen atoms in total. The van der Waals surface area contributed by atoms with E-state index in [4.69, 9.17) is 10.8 Å². The number of hydrogen-bond donors (Lipinski definition) is 3. The lowest BCUT2D eigenvalue weighted by Crippen LogP contribution is -2.44. The predicted molar refractivity (Wildman–Crippen MR) is 71.8 cm³/mol. The van der Waals surface area contributed by atoms with Gasteiger partial charge in [-0.2, -0.15) is 0 Å². The maximum Gasteiger partial charge on any atom is 0.253 e. The second-order valence-corrected chi connectivity index (χ2v) is 5.46. The van der Waals surface area contributed by atoms with E-state index in [1.807, 2.05) is 13.8 Å². The number of nitrogens with two attached hydrogens (primary N) is 1. The average molecular weight is 301 g/mol. The minimum atomic E-state index is -0.453. The number of nitrogens with one attached hydrogen (secondary N) is 1. The molecule has 0 saturated heterocycles. The van der Waals surface area contributed by atoms with E-state index in [1.165, 1.54) is 0 Å². The highest BCUT2D eigenvalue weighted by Crippen LogP contribution is 2.19. The van der Waals surface area contributed by atoms with Crippen LogP contribution >= 0.6 is 15.9 Å². The van der Waals surface area contributed by atoms with E-state index in [9.17, 15) is 4.79 Å². The number of halogens is 1. The largest absolute Gasteiger partial charge is 0.398 e. The van der Waals surface area contributed by atoms with Gasteiger partial charge in [0.25, 0.3) is 5.91 Å². The Kier molecular flexibility index (Phi) is 4.54. The average Bonchev–Trinajstić information content (AvgIpc) is 2.15. The van der Waals surface area contributed by atoms with Gasteiger partial charge in [0, 0.05) is 22.3 Å². The molecule has 1 aromatic rings. The van der Waals surface area contributed by atoms with Gasteiger partial charge in [-0.1, -0.05) is 15.9 Å². The van der Waals surface area contributed by atoms with E-state index in [0.717, 1.165) is 4.47 Å². The topological polar surface area (TPSA) is 75.3 Å². The van der Waals surface area contributed by atoms with Crippen LogP contribution < -0.4 is 11.1 Å². The van der Waals surface area contributed by atoms with E-state index >= 15 is 0 Å². The van der Waals surface area contributed by atoms with Crippen LogP contribution in [-0.4, -0.2) is 23.2 Å². The van der Waals surface area contributed by atoms with E-state index in [1.54, 1.807) is 18.2 Å². The van der Waals surface area contributed by atoms with Gasteiger partial charge >= 0.3 is 0 Å². The quantitative estimate of drug-likeness (QED) is 0.744. The number of carbonyl (C=O) groups excluding carboxylic acids is 1. The monoisotopic (exact) mass is 300 g/mol. The second kappa shape index (κ2) is 5.51. The van der Waals surface area contributed by atoms with Crippen molar-refractivity contribution in [1.82, 2.24) is 5.32 Å². The highest BCUT2D eigenvalue weighted by molar-refractivity contribution is 9.10. The van der Waals surface area contributed by atoms with Crippen molar-refractivity contribution in [2.24, 2.45) is 0 Å². The molecule has 0 radical (unpaired) electrons. The summed E-state index contributed by atoms with van der Waals surface area (Å²) in [5.74, 6) is -0.228. The maximum atomic E-state index is 12.0. The third-order valence-electron chi connectivity index (χ3n) is 2.45. The SMILES string of the molecule is CC(C)(CCO)NC(=O)c1ccc(Br)cc1N. The highest BCUT2D eigenvalue weighted by Gasteiger charge is 2.21. The minimum absolute atomic E-state index is 0.0309. The van der Waals surface area contributed by atoms with Crippen molar-refractivity contribution in [1.29, 1.82) is 0 Å². The number of aliphatic hydroxyl groups excluding tert-OH is 1. The molecule has 4 N–H and O–H groups in total. The molecule has 5 heteroatoms. The van der Waals surface area contributed by atoms with Crippen LogP contribution in [0.15, 0.2) is 22.7 Å². The minimum Gasteiger partial charge on any atom is -0.398 e. The molecule has 0 bridgehead atoms. The van der Waals surface area contributed by atoms with Crippen molar-refractivity contribution in [3.63, 3.8) is 0 Å². The number of benzene rings is 1. The molecule has 1 rings (SSSR count). The van der Waals surface area contributed by atoms with Gasteiger partial charge < -0.3 is 16.2 Å². The normalized spacial score (nSPS) is 11.3. The zero-order valence-electron chi connectivity index (χ0n) is 9.96. The molecule has 0 atom stereocenters. The number of hydrogen-bond acceptors (Lipinski definition) is 3. The summed E-state index contributed by atoms with van der Waals surface area (Å²) in [5, 5.41) is 11.7. The molecule has 0 aliphatic carbocycles. The zero-order chi connectivity index (χ0) is 13.1. The fourth-order valence-corrected chi connectivity index (χ4v) is 1.84. The van der Waals surface area contributed by atoms with Crippen LogP contribution in [0.4, 0.5) is 5.69 Å². The summed E-state index contributed by atoms with van der Waals surface area (Å²) >= 11 is 3.29. The van der Waals surface area contributed by atoms with Crippen molar-refractivity contribution >= 4 is 27.5 Å². The predicted octanol–water partition coefficient (Wildman–Crippen LogP) is 1.92.